The van der Waals surface area contributed by atoms with Crippen LogP contribution >= 0.6 is 0 Å². The minimum atomic E-state index is -0.570. The molecule has 2 saturated heterocycles. The number of nitrogens with one attached hydrogen (secondary N) is 1. The van der Waals surface area contributed by atoms with Crippen LogP contribution in [0.5, 0.6) is 5.75 Å². The highest BCUT2D eigenvalue weighted by atomic mass is 19.1. The van der Waals surface area contributed by atoms with Gasteiger partial charge in [0.2, 0.25) is 5.95 Å². The molecule has 162 valence electrons. The molecule has 3 atom stereocenters. The van der Waals surface area contributed by atoms with Crippen LogP contribution in [0.25, 0.3) is 16.9 Å². The van der Waals surface area contributed by atoms with Gasteiger partial charge in [-0.05, 0) is 63.8 Å². The van der Waals surface area contributed by atoms with E-state index in [2.05, 4.69) is 46.3 Å². The standard InChI is InChI=1S/C23H27FN6O/c1-22-8-9-23(2,28-22)12-16(11-22)29(3)21-7-6-18(26-27-21)17-5-4-15(10-19(17)31)30-13-20(24)25-14-30/h4-7,10,13-14,16,28,31H,8-9,11-12H2,1-3H3/t16-,22-,23+. The number of anilines is 1. The first kappa shape index (κ1) is 19.9. The van der Waals surface area contributed by atoms with Crippen LogP contribution in [0.15, 0.2) is 42.9 Å². The van der Waals surface area contributed by atoms with Gasteiger partial charge < -0.3 is 19.9 Å². The van der Waals surface area contributed by atoms with E-state index in [0.29, 0.717) is 23.0 Å². The zero-order valence-electron chi connectivity index (χ0n) is 18.0. The molecule has 2 aliphatic heterocycles. The van der Waals surface area contributed by atoms with Crippen molar-refractivity contribution >= 4 is 5.82 Å². The Morgan fingerprint density at radius 3 is 2.45 bits per heavy atom. The summed E-state index contributed by atoms with van der Waals surface area (Å²) in [6.45, 7) is 4.63. The number of hydrogen-bond donors (Lipinski definition) is 2. The third-order valence-corrected chi connectivity index (χ3v) is 6.87. The number of phenolic OH excluding ortho intramolecular Hbond substituents is 1. The van der Waals surface area contributed by atoms with Crippen molar-refractivity contribution in [3.8, 4) is 22.7 Å². The van der Waals surface area contributed by atoms with Gasteiger partial charge in [0.25, 0.3) is 0 Å². The van der Waals surface area contributed by atoms with E-state index in [4.69, 9.17) is 0 Å². The van der Waals surface area contributed by atoms with Crippen LogP contribution in [-0.4, -0.2) is 49.0 Å². The molecular weight excluding hydrogens is 395 g/mol. The molecule has 7 nitrogen and oxygen atoms in total. The van der Waals surface area contributed by atoms with Gasteiger partial charge in [0.15, 0.2) is 5.82 Å². The van der Waals surface area contributed by atoms with Gasteiger partial charge in [-0.3, -0.25) is 0 Å². The molecule has 31 heavy (non-hydrogen) atoms. The zero-order valence-corrected chi connectivity index (χ0v) is 18.0. The summed E-state index contributed by atoms with van der Waals surface area (Å²) in [5, 5.41) is 23.1. The summed E-state index contributed by atoms with van der Waals surface area (Å²) in [6.07, 6.45) is 7.20. The van der Waals surface area contributed by atoms with E-state index in [1.165, 1.54) is 29.9 Å². The fourth-order valence-electron chi connectivity index (χ4n) is 5.28. The molecule has 0 saturated carbocycles. The van der Waals surface area contributed by atoms with Gasteiger partial charge in [0.05, 0.1) is 17.6 Å². The van der Waals surface area contributed by atoms with Crippen molar-refractivity contribution in [2.24, 2.45) is 0 Å². The van der Waals surface area contributed by atoms with Crippen molar-refractivity contribution in [2.45, 2.75) is 56.7 Å². The van der Waals surface area contributed by atoms with Gasteiger partial charge in [-0.25, -0.2) is 4.98 Å². The number of piperidine rings is 1. The number of phenols is 1. The number of imidazole rings is 1. The van der Waals surface area contributed by atoms with E-state index in [9.17, 15) is 9.50 Å². The molecule has 4 heterocycles. The molecule has 1 aromatic carbocycles. The van der Waals surface area contributed by atoms with E-state index in [0.717, 1.165) is 18.7 Å². The van der Waals surface area contributed by atoms with Crippen molar-refractivity contribution < 1.29 is 9.50 Å². The first-order valence-electron chi connectivity index (χ1n) is 10.6. The average molecular weight is 423 g/mol. The van der Waals surface area contributed by atoms with Crippen molar-refractivity contribution in [3.63, 3.8) is 0 Å². The molecule has 5 rings (SSSR count). The van der Waals surface area contributed by atoms with Crippen molar-refractivity contribution in [3.05, 3.63) is 48.8 Å². The molecule has 2 N–H and O–H groups in total. The van der Waals surface area contributed by atoms with Crippen LogP contribution < -0.4 is 10.2 Å². The summed E-state index contributed by atoms with van der Waals surface area (Å²) < 4.78 is 14.7. The number of nitrogens with zero attached hydrogens (tertiary/aromatic N) is 5. The Balaban J connectivity index is 1.35. The fourth-order valence-corrected chi connectivity index (χ4v) is 5.28. The fraction of sp³-hybridized carbons (Fsp3) is 0.435. The quantitative estimate of drug-likeness (QED) is 0.668. The highest BCUT2D eigenvalue weighted by Crippen LogP contribution is 2.43. The monoisotopic (exact) mass is 422 g/mol. The SMILES string of the molecule is CN(c1ccc(-c2ccc(-n3cnc(F)c3)cc2O)nn1)[C@H]1C[C@]2(C)CC[C@](C)(C1)N2. The molecule has 2 aliphatic rings. The summed E-state index contributed by atoms with van der Waals surface area (Å²) in [4.78, 5) is 5.81. The molecule has 3 aromatic rings. The van der Waals surface area contributed by atoms with E-state index < -0.39 is 5.95 Å². The van der Waals surface area contributed by atoms with Gasteiger partial charge in [0.1, 0.15) is 12.1 Å². The predicted octanol–water partition coefficient (Wildman–Crippen LogP) is 3.67. The van der Waals surface area contributed by atoms with Crippen molar-refractivity contribution in [2.75, 3.05) is 11.9 Å². The van der Waals surface area contributed by atoms with Crippen molar-refractivity contribution in [1.82, 2.24) is 25.1 Å². The summed E-state index contributed by atoms with van der Waals surface area (Å²) in [5.74, 6) is 0.309. The van der Waals surface area contributed by atoms with E-state index in [1.54, 1.807) is 18.2 Å². The Bertz CT molecular complexity index is 1100. The van der Waals surface area contributed by atoms with Crippen LogP contribution in [0, 0.1) is 5.95 Å². The van der Waals surface area contributed by atoms with Gasteiger partial charge >= 0.3 is 0 Å². The summed E-state index contributed by atoms with van der Waals surface area (Å²) in [7, 11) is 2.09. The van der Waals surface area contributed by atoms with Gasteiger partial charge in [0, 0.05) is 35.8 Å². The topological polar surface area (TPSA) is 79.1 Å². The minimum Gasteiger partial charge on any atom is -0.507 e. The van der Waals surface area contributed by atoms with Crippen LogP contribution in [-0.2, 0) is 0 Å². The number of halogens is 1. The largest absolute Gasteiger partial charge is 0.507 e. The van der Waals surface area contributed by atoms with Gasteiger partial charge in [-0.2, -0.15) is 4.39 Å². The number of benzene rings is 1. The molecule has 2 fully saturated rings. The average Bonchev–Trinajstić information content (AvgIpc) is 3.27. The summed E-state index contributed by atoms with van der Waals surface area (Å²) >= 11 is 0. The maximum atomic E-state index is 13.2. The molecule has 0 radical (unpaired) electrons. The predicted molar refractivity (Wildman–Crippen MR) is 117 cm³/mol. The number of fused-ring (bicyclic) bond motifs is 2. The van der Waals surface area contributed by atoms with Crippen molar-refractivity contribution in [1.29, 1.82) is 0 Å². The summed E-state index contributed by atoms with van der Waals surface area (Å²) in [6, 6.07) is 9.33. The number of hydrogen-bond acceptors (Lipinski definition) is 6. The lowest BCUT2D eigenvalue weighted by Gasteiger charge is -2.45. The minimum absolute atomic E-state index is 0.0535. The van der Waals surface area contributed by atoms with Crippen LogP contribution in [0.4, 0.5) is 10.2 Å². The van der Waals surface area contributed by atoms with Gasteiger partial charge in [-0.15, -0.1) is 10.2 Å². The van der Waals surface area contributed by atoms with Gasteiger partial charge in [-0.1, -0.05) is 0 Å². The number of aromatic nitrogens is 4. The first-order valence-corrected chi connectivity index (χ1v) is 10.6. The molecule has 0 amide bonds. The third-order valence-electron chi connectivity index (χ3n) is 6.87. The Morgan fingerprint density at radius 2 is 1.87 bits per heavy atom. The maximum Gasteiger partial charge on any atom is 0.231 e. The Hall–Kier alpha value is -3.00. The van der Waals surface area contributed by atoms with E-state index in [-0.39, 0.29) is 16.8 Å². The third kappa shape index (κ3) is 3.65. The lowest BCUT2D eigenvalue weighted by atomic mass is 9.84. The highest BCUT2D eigenvalue weighted by Gasteiger charge is 2.49. The van der Waals surface area contributed by atoms with E-state index in [1.807, 2.05) is 12.1 Å². The van der Waals surface area contributed by atoms with Crippen LogP contribution in [0.1, 0.15) is 39.5 Å². The van der Waals surface area contributed by atoms with Crippen LogP contribution in [0.3, 0.4) is 0 Å². The Labute approximate surface area is 180 Å². The molecule has 0 aliphatic carbocycles. The molecule has 2 aromatic heterocycles. The second kappa shape index (κ2) is 7.02. The molecular formula is C23H27FN6O. The molecule has 2 bridgehead atoms. The molecule has 0 spiro atoms. The Morgan fingerprint density at radius 1 is 1.13 bits per heavy atom. The second-order valence-electron chi connectivity index (χ2n) is 9.50. The first-order chi connectivity index (χ1) is 14.7. The highest BCUT2D eigenvalue weighted by molar-refractivity contribution is 5.69. The smallest absolute Gasteiger partial charge is 0.231 e. The van der Waals surface area contributed by atoms with E-state index >= 15 is 0 Å². The van der Waals surface area contributed by atoms with Crippen LogP contribution in [0.2, 0.25) is 0 Å². The number of rotatable bonds is 4. The number of aromatic hydroxyl groups is 1. The molecule has 8 heteroatoms. The Kier molecular flexibility index (Phi) is 4.51. The normalized spacial score (nSPS) is 27.4. The maximum absolute atomic E-state index is 13.2. The zero-order chi connectivity index (χ0) is 21.8. The lowest BCUT2D eigenvalue weighted by Crippen LogP contribution is -2.58. The second-order valence-corrected chi connectivity index (χ2v) is 9.50. The summed E-state index contributed by atoms with van der Waals surface area (Å²) in [5.41, 5.74) is 2.15. The molecule has 0 unspecified atom stereocenters. The lowest BCUT2D eigenvalue weighted by molar-refractivity contribution is 0.207.